The zero-order valence-electron chi connectivity index (χ0n) is 27.4. The molecule has 0 N–H and O–H groups in total. The van der Waals surface area contributed by atoms with E-state index in [4.69, 9.17) is 10.5 Å². The summed E-state index contributed by atoms with van der Waals surface area (Å²) < 4.78 is 0. The molecule has 0 bridgehead atoms. The molecule has 2 nitrogen and oxygen atoms in total. The van der Waals surface area contributed by atoms with Crippen LogP contribution >= 0.6 is 15.8 Å². The first kappa shape index (κ1) is 38.3. The fraction of sp³-hybridized carbons (Fsp3) is 0.0952. The maximum Gasteiger partial charge on any atom is 0.0646 e. The fourth-order valence-corrected chi connectivity index (χ4v) is 12.2. The molecule has 0 saturated carbocycles. The minimum Gasteiger partial charge on any atom is -0.204 e. The Morgan fingerprint density at radius 3 is 0.792 bits per heavy atom. The van der Waals surface area contributed by atoms with Crippen LogP contribution in [0.15, 0.2) is 182 Å². The minimum atomic E-state index is -1.16. The molecule has 0 fully saturated rings. The summed E-state index contributed by atoms with van der Waals surface area (Å²) in [6, 6.07) is 73.4. The normalized spacial score (nSPS) is 10.2. The molecule has 0 amide bonds. The molecule has 6 rings (SSSR count). The van der Waals surface area contributed by atoms with Crippen LogP contribution in [0.5, 0.6) is 0 Å². The maximum atomic E-state index is 7.32. The van der Waals surface area contributed by atoms with Crippen molar-refractivity contribution in [3.63, 3.8) is 0 Å². The summed E-state index contributed by atoms with van der Waals surface area (Å²) in [5.74, 6) is 0. The summed E-state index contributed by atoms with van der Waals surface area (Å²) in [6.45, 7) is 2.86. The Morgan fingerprint density at radius 2 is 0.583 bits per heavy atom. The molecule has 48 heavy (non-hydrogen) atoms. The van der Waals surface area contributed by atoms with Crippen LogP contribution in [0, 0.1) is 22.7 Å². The van der Waals surface area contributed by atoms with Crippen LogP contribution < -0.4 is 32.1 Å². The van der Waals surface area contributed by atoms with Crippen molar-refractivity contribution in [1.82, 2.24) is 0 Å². The number of rotatable bonds is 10. The zero-order valence-corrected chi connectivity index (χ0v) is 30.9. The average Bonchev–Trinajstić information content (AvgIpc) is 3.15. The summed E-state index contributed by atoms with van der Waals surface area (Å²) >= 11 is 0. The summed E-state index contributed by atoms with van der Waals surface area (Å²) in [6.07, 6.45) is -1.16. The summed E-state index contributed by atoms with van der Waals surface area (Å²) in [5.41, 5.74) is 2.91. The molecule has 0 aromatic heterocycles. The second-order valence-electron chi connectivity index (χ2n) is 11.1. The Kier molecular flexibility index (Phi) is 16.7. The molecule has 6 aromatic rings. The second kappa shape index (κ2) is 21.0. The van der Waals surface area contributed by atoms with Gasteiger partial charge < -0.3 is 0 Å². The van der Waals surface area contributed by atoms with Gasteiger partial charge in [0.1, 0.15) is 0 Å². The third-order valence-electron chi connectivity index (χ3n) is 8.14. The van der Waals surface area contributed by atoms with Crippen molar-refractivity contribution in [3.05, 3.63) is 182 Å². The van der Waals surface area contributed by atoms with E-state index in [1.54, 1.807) is 12.1 Å². The molecule has 0 aliphatic carbocycles. The van der Waals surface area contributed by atoms with Gasteiger partial charge in [-0.3, -0.25) is 0 Å². The smallest absolute Gasteiger partial charge is 0.0646 e. The largest absolute Gasteiger partial charge is 0.204 e. The molecule has 0 aliphatic rings. The third-order valence-corrected chi connectivity index (χ3v) is 13.8. The molecule has 1 radical (unpaired) electrons. The van der Waals surface area contributed by atoms with Gasteiger partial charge in [0.25, 0.3) is 0 Å². The predicted octanol–water partition coefficient (Wildman–Crippen LogP) is 7.65. The van der Waals surface area contributed by atoms with Gasteiger partial charge in [0.2, 0.25) is 0 Å². The molecule has 0 atom stereocenters. The van der Waals surface area contributed by atoms with Crippen LogP contribution in [-0.4, -0.2) is 18.3 Å². The SMILES string of the molecule is CC#N.CC#N.[Rh].c1ccc(P(C[B-](CP(c2ccccc2)c2ccccc2)(c2ccccc2)c2ccccc2)c2ccccc2)cc1. The van der Waals surface area contributed by atoms with Gasteiger partial charge in [-0.15, -0.1) is 12.1 Å². The van der Waals surface area contributed by atoms with Gasteiger partial charge >= 0.3 is 0 Å². The van der Waals surface area contributed by atoms with Crippen LogP contribution in [0.1, 0.15) is 13.8 Å². The van der Waals surface area contributed by atoms with Gasteiger partial charge in [-0.2, -0.15) is 10.5 Å². The molecule has 241 valence electrons. The standard InChI is InChI=1S/C38H34BP2.2C2H3N.Rh/c1-7-19-33(20-8-1)39(34-21-9-2-10-22-34,31-40(35-23-11-3-12-24-35)36-25-13-4-14-26-36)32-41(37-27-15-5-16-28-37)38-29-17-6-18-30-38;2*1-2-3;/h1-30H,31-32H2;2*1H3;/q-1;;;. The Morgan fingerprint density at radius 1 is 0.396 bits per heavy atom. The molecule has 0 heterocycles. The molecule has 0 unspecified atom stereocenters. The van der Waals surface area contributed by atoms with Crippen LogP contribution in [0.3, 0.4) is 0 Å². The third kappa shape index (κ3) is 10.4. The van der Waals surface area contributed by atoms with Crippen molar-refractivity contribution in [3.8, 4) is 12.1 Å². The number of hydrogen-bond donors (Lipinski definition) is 0. The maximum absolute atomic E-state index is 7.32. The van der Waals surface area contributed by atoms with Crippen LogP contribution in [0.2, 0.25) is 0 Å². The molecule has 6 heteroatoms. The van der Waals surface area contributed by atoms with Crippen LogP contribution in [0.25, 0.3) is 0 Å². The van der Waals surface area contributed by atoms with Gasteiger partial charge in [-0.1, -0.05) is 198 Å². The Labute approximate surface area is 302 Å². The molecular weight excluding hydrogens is 708 g/mol. The van der Waals surface area contributed by atoms with E-state index in [1.807, 2.05) is 0 Å². The second-order valence-corrected chi connectivity index (χ2v) is 15.6. The van der Waals surface area contributed by atoms with E-state index in [0.29, 0.717) is 0 Å². The Balaban J connectivity index is 0.000000833. The van der Waals surface area contributed by atoms with E-state index in [2.05, 4.69) is 182 Å². The van der Waals surface area contributed by atoms with E-state index in [9.17, 15) is 0 Å². The first-order valence-corrected chi connectivity index (χ1v) is 18.9. The van der Waals surface area contributed by atoms with E-state index in [-0.39, 0.29) is 19.5 Å². The van der Waals surface area contributed by atoms with E-state index < -0.39 is 22.0 Å². The number of hydrogen-bond acceptors (Lipinski definition) is 2. The summed E-state index contributed by atoms with van der Waals surface area (Å²) in [7, 11) is -1.23. The quantitative estimate of drug-likeness (QED) is 0.107. The van der Waals surface area contributed by atoms with Crippen LogP contribution in [-0.2, 0) is 19.5 Å². The van der Waals surface area contributed by atoms with Crippen molar-refractivity contribution < 1.29 is 19.5 Å². The number of nitriles is 2. The van der Waals surface area contributed by atoms with Crippen molar-refractivity contribution in [2.24, 2.45) is 0 Å². The van der Waals surface area contributed by atoms with Crippen molar-refractivity contribution in [2.45, 2.75) is 13.8 Å². The first-order valence-electron chi connectivity index (χ1n) is 15.8. The summed E-state index contributed by atoms with van der Waals surface area (Å²) in [5, 5.41) is 20.4. The van der Waals surface area contributed by atoms with Gasteiger partial charge in [0.15, 0.2) is 0 Å². The molecule has 0 aliphatic heterocycles. The first-order chi connectivity index (χ1) is 23.2. The Hall–Kier alpha value is -4.15. The van der Waals surface area contributed by atoms with Crippen molar-refractivity contribution in [1.29, 1.82) is 10.5 Å². The Bertz CT molecular complexity index is 1600. The molecule has 6 aromatic carbocycles. The molecule has 0 saturated heterocycles. The molecular formula is C42H40BN2P2Rh-. The van der Waals surface area contributed by atoms with E-state index in [0.717, 1.165) is 12.1 Å². The monoisotopic (exact) mass is 748 g/mol. The fourth-order valence-electron chi connectivity index (χ4n) is 6.09. The van der Waals surface area contributed by atoms with Gasteiger partial charge in [-0.05, 0) is 21.2 Å². The van der Waals surface area contributed by atoms with Gasteiger partial charge in [-0.25, -0.2) is 10.9 Å². The molecule has 0 spiro atoms. The van der Waals surface area contributed by atoms with Gasteiger partial charge in [0, 0.05) is 33.3 Å². The van der Waals surface area contributed by atoms with E-state index in [1.165, 1.54) is 46.0 Å². The average molecular weight is 748 g/mol. The van der Waals surface area contributed by atoms with Crippen LogP contribution in [0.4, 0.5) is 0 Å². The van der Waals surface area contributed by atoms with Gasteiger partial charge in [0.05, 0.1) is 18.3 Å². The number of nitrogens with zero attached hydrogens (tertiary/aromatic N) is 2. The van der Waals surface area contributed by atoms with Crippen molar-refractivity contribution in [2.75, 3.05) is 12.1 Å². The number of benzene rings is 6. The van der Waals surface area contributed by atoms with E-state index >= 15 is 0 Å². The minimum absolute atomic E-state index is 0. The topological polar surface area (TPSA) is 47.6 Å². The summed E-state index contributed by atoms with van der Waals surface area (Å²) in [4.78, 5) is 0. The zero-order chi connectivity index (χ0) is 33.2. The van der Waals surface area contributed by atoms with Crippen molar-refractivity contribution >= 4 is 54.1 Å². The predicted molar refractivity (Wildman–Crippen MR) is 208 cm³/mol.